The number of hydrogen-bond donors (Lipinski definition) is 1. The lowest BCUT2D eigenvalue weighted by Crippen LogP contribution is -2.44. The predicted molar refractivity (Wildman–Crippen MR) is 78.1 cm³/mol. The summed E-state index contributed by atoms with van der Waals surface area (Å²) < 4.78 is 5.04. The average molecular weight is 291 g/mol. The second kappa shape index (κ2) is 7.22. The van der Waals surface area contributed by atoms with Crippen molar-refractivity contribution in [2.24, 2.45) is 0 Å². The molecule has 2 rings (SSSR count). The Morgan fingerprint density at radius 2 is 1.95 bits per heavy atom. The number of carbonyl (C=O) groups is 2. The summed E-state index contributed by atoms with van der Waals surface area (Å²) in [5.41, 5.74) is 1.52. The van der Waals surface area contributed by atoms with Crippen LogP contribution in [0.3, 0.4) is 0 Å². The van der Waals surface area contributed by atoms with Gasteiger partial charge in [-0.15, -0.1) is 0 Å². The quantitative estimate of drug-likeness (QED) is 0.924. The third-order valence-electron chi connectivity index (χ3n) is 3.81. The van der Waals surface area contributed by atoms with E-state index in [-0.39, 0.29) is 5.91 Å². The van der Waals surface area contributed by atoms with Crippen molar-refractivity contribution >= 4 is 11.9 Å². The fourth-order valence-corrected chi connectivity index (χ4v) is 2.68. The Balaban J connectivity index is 2.17. The minimum Gasteiger partial charge on any atom is -0.480 e. The van der Waals surface area contributed by atoms with E-state index >= 15 is 0 Å². The molecule has 0 aromatic heterocycles. The van der Waals surface area contributed by atoms with E-state index in [1.807, 2.05) is 12.1 Å². The third kappa shape index (κ3) is 3.82. The van der Waals surface area contributed by atoms with E-state index in [4.69, 9.17) is 4.74 Å². The predicted octanol–water partition coefficient (Wildman–Crippen LogP) is 2.30. The van der Waals surface area contributed by atoms with Crippen molar-refractivity contribution in [3.63, 3.8) is 0 Å². The number of rotatable bonds is 4. The second-order valence-corrected chi connectivity index (χ2v) is 5.33. The van der Waals surface area contributed by atoms with Crippen molar-refractivity contribution < 1.29 is 19.4 Å². The van der Waals surface area contributed by atoms with Gasteiger partial charge in [0.05, 0.1) is 6.61 Å². The molecule has 5 nitrogen and oxygen atoms in total. The monoisotopic (exact) mass is 291 g/mol. The van der Waals surface area contributed by atoms with Crippen LogP contribution in [0, 0.1) is 0 Å². The van der Waals surface area contributed by atoms with E-state index in [1.165, 1.54) is 4.90 Å². The number of carbonyl (C=O) groups excluding carboxylic acids is 1. The number of amides is 1. The number of carboxylic acid groups (broad SMARTS) is 1. The first-order valence-corrected chi connectivity index (χ1v) is 7.25. The van der Waals surface area contributed by atoms with E-state index in [9.17, 15) is 14.7 Å². The Hall–Kier alpha value is -1.88. The van der Waals surface area contributed by atoms with Crippen LogP contribution in [0.25, 0.3) is 0 Å². The van der Waals surface area contributed by atoms with E-state index in [1.54, 1.807) is 19.2 Å². The number of hydrogen-bond acceptors (Lipinski definition) is 3. The summed E-state index contributed by atoms with van der Waals surface area (Å²) in [5, 5.41) is 9.33. The molecule has 5 heteroatoms. The van der Waals surface area contributed by atoms with Crippen LogP contribution < -0.4 is 0 Å². The van der Waals surface area contributed by atoms with Crippen LogP contribution in [0.5, 0.6) is 0 Å². The van der Waals surface area contributed by atoms with Gasteiger partial charge in [-0.1, -0.05) is 25.0 Å². The van der Waals surface area contributed by atoms with Gasteiger partial charge in [0.2, 0.25) is 0 Å². The van der Waals surface area contributed by atoms with Crippen LogP contribution in [0.2, 0.25) is 0 Å². The summed E-state index contributed by atoms with van der Waals surface area (Å²) in [6, 6.07) is 6.44. The summed E-state index contributed by atoms with van der Waals surface area (Å²) in [6.45, 7) is 1.01. The molecule has 0 aliphatic carbocycles. The van der Waals surface area contributed by atoms with Crippen LogP contribution in [0.1, 0.15) is 41.6 Å². The lowest BCUT2D eigenvalue weighted by atomic mass is 10.1. The highest BCUT2D eigenvalue weighted by atomic mass is 16.5. The first kappa shape index (κ1) is 15.5. The Labute approximate surface area is 124 Å². The molecule has 0 saturated carbocycles. The maximum atomic E-state index is 12.6. The zero-order valence-electron chi connectivity index (χ0n) is 12.2. The minimum absolute atomic E-state index is 0.201. The summed E-state index contributed by atoms with van der Waals surface area (Å²) in [7, 11) is 1.62. The number of ether oxygens (including phenoxy) is 1. The Morgan fingerprint density at radius 1 is 1.24 bits per heavy atom. The van der Waals surface area contributed by atoms with Crippen molar-refractivity contribution in [2.75, 3.05) is 13.7 Å². The number of methoxy groups -OCH3 is 1. The molecule has 1 aliphatic heterocycles. The van der Waals surface area contributed by atoms with Gasteiger partial charge >= 0.3 is 5.97 Å². The largest absolute Gasteiger partial charge is 0.480 e. The van der Waals surface area contributed by atoms with Gasteiger partial charge in [-0.05, 0) is 30.5 Å². The van der Waals surface area contributed by atoms with Gasteiger partial charge in [0.15, 0.2) is 0 Å². The van der Waals surface area contributed by atoms with Crippen molar-refractivity contribution in [1.82, 2.24) is 4.90 Å². The SMILES string of the molecule is COCc1ccc(C(=O)N2CCCCCC2C(=O)O)cc1. The van der Waals surface area contributed by atoms with E-state index < -0.39 is 12.0 Å². The summed E-state index contributed by atoms with van der Waals surface area (Å²) in [4.78, 5) is 25.5. The molecule has 1 fully saturated rings. The number of carboxylic acids is 1. The van der Waals surface area contributed by atoms with E-state index in [0.29, 0.717) is 25.1 Å². The normalized spacial score (nSPS) is 19.1. The first-order chi connectivity index (χ1) is 10.1. The van der Waals surface area contributed by atoms with Gasteiger partial charge in [-0.25, -0.2) is 4.79 Å². The third-order valence-corrected chi connectivity index (χ3v) is 3.81. The van der Waals surface area contributed by atoms with Crippen LogP contribution in [0.4, 0.5) is 0 Å². The minimum atomic E-state index is -0.916. The lowest BCUT2D eigenvalue weighted by molar-refractivity contribution is -0.142. The Bertz CT molecular complexity index is 498. The fourth-order valence-electron chi connectivity index (χ4n) is 2.68. The highest BCUT2D eigenvalue weighted by molar-refractivity contribution is 5.96. The van der Waals surface area contributed by atoms with E-state index in [0.717, 1.165) is 24.8 Å². The summed E-state index contributed by atoms with van der Waals surface area (Å²) >= 11 is 0. The zero-order chi connectivity index (χ0) is 15.2. The van der Waals surface area contributed by atoms with Gasteiger partial charge in [0.25, 0.3) is 5.91 Å². The van der Waals surface area contributed by atoms with Crippen LogP contribution in [0.15, 0.2) is 24.3 Å². The van der Waals surface area contributed by atoms with Gasteiger partial charge in [-0.3, -0.25) is 4.79 Å². The Kier molecular flexibility index (Phi) is 5.33. The molecule has 0 radical (unpaired) electrons. The zero-order valence-corrected chi connectivity index (χ0v) is 12.2. The maximum absolute atomic E-state index is 12.6. The fraction of sp³-hybridized carbons (Fsp3) is 0.500. The van der Waals surface area contributed by atoms with Gasteiger partial charge in [-0.2, -0.15) is 0 Å². The highest BCUT2D eigenvalue weighted by Crippen LogP contribution is 2.20. The van der Waals surface area contributed by atoms with Crippen molar-refractivity contribution in [2.45, 2.75) is 38.3 Å². The molecule has 1 aromatic carbocycles. The van der Waals surface area contributed by atoms with E-state index in [2.05, 4.69) is 0 Å². The molecule has 1 amide bonds. The molecule has 1 unspecified atom stereocenters. The highest BCUT2D eigenvalue weighted by Gasteiger charge is 2.31. The molecule has 1 aliphatic rings. The van der Waals surface area contributed by atoms with Gasteiger partial charge in [0.1, 0.15) is 6.04 Å². The molecule has 1 aromatic rings. The standard InChI is InChI=1S/C16H21NO4/c1-21-11-12-6-8-13(9-7-12)15(18)17-10-4-2-3-5-14(17)16(19)20/h6-9,14H,2-5,10-11H2,1H3,(H,19,20). The molecular weight excluding hydrogens is 270 g/mol. The van der Waals surface area contributed by atoms with Crippen LogP contribution >= 0.6 is 0 Å². The van der Waals surface area contributed by atoms with Crippen LogP contribution in [-0.4, -0.2) is 41.6 Å². The molecule has 1 N–H and O–H groups in total. The first-order valence-electron chi connectivity index (χ1n) is 7.25. The lowest BCUT2D eigenvalue weighted by Gasteiger charge is -2.27. The molecule has 1 atom stereocenters. The molecule has 1 heterocycles. The summed E-state index contributed by atoms with van der Waals surface area (Å²) in [6.07, 6.45) is 3.22. The molecule has 21 heavy (non-hydrogen) atoms. The van der Waals surface area contributed by atoms with Crippen molar-refractivity contribution in [3.05, 3.63) is 35.4 Å². The topological polar surface area (TPSA) is 66.8 Å². The molecule has 1 saturated heterocycles. The molecular formula is C16H21NO4. The Morgan fingerprint density at radius 3 is 2.57 bits per heavy atom. The second-order valence-electron chi connectivity index (χ2n) is 5.33. The van der Waals surface area contributed by atoms with Crippen molar-refractivity contribution in [1.29, 1.82) is 0 Å². The molecule has 0 spiro atoms. The number of likely N-dealkylation sites (tertiary alicyclic amines) is 1. The summed E-state index contributed by atoms with van der Waals surface area (Å²) in [5.74, 6) is -1.12. The van der Waals surface area contributed by atoms with Gasteiger partial charge in [0, 0.05) is 19.2 Å². The van der Waals surface area contributed by atoms with Gasteiger partial charge < -0.3 is 14.7 Å². The number of nitrogens with zero attached hydrogens (tertiary/aromatic N) is 1. The molecule has 114 valence electrons. The number of aliphatic carboxylic acids is 1. The smallest absolute Gasteiger partial charge is 0.326 e. The average Bonchev–Trinajstić information content (AvgIpc) is 2.73. The van der Waals surface area contributed by atoms with Crippen molar-refractivity contribution in [3.8, 4) is 0 Å². The maximum Gasteiger partial charge on any atom is 0.326 e. The molecule has 0 bridgehead atoms. The van der Waals surface area contributed by atoms with Crippen LogP contribution in [-0.2, 0) is 16.1 Å². The number of benzene rings is 1.